The molecule has 0 saturated carbocycles. The van der Waals surface area contributed by atoms with Gasteiger partial charge in [0, 0.05) is 25.1 Å². The molecule has 0 atom stereocenters. The monoisotopic (exact) mass is 305 g/mol. The summed E-state index contributed by atoms with van der Waals surface area (Å²) in [5.74, 6) is -0.177. The van der Waals surface area contributed by atoms with Gasteiger partial charge in [-0.2, -0.15) is 0 Å². The molecule has 0 aliphatic carbocycles. The Balaban J connectivity index is 1.86. The Morgan fingerprint density at radius 2 is 2.05 bits per heavy atom. The van der Waals surface area contributed by atoms with Gasteiger partial charge in [0.25, 0.3) is 5.91 Å². The number of thiazole rings is 1. The summed E-state index contributed by atoms with van der Waals surface area (Å²) in [4.78, 5) is 16.1. The third-order valence-corrected chi connectivity index (χ3v) is 3.78. The Morgan fingerprint density at radius 3 is 2.67 bits per heavy atom. The van der Waals surface area contributed by atoms with Gasteiger partial charge in [-0.1, -0.05) is 24.3 Å². The van der Waals surface area contributed by atoms with Crippen LogP contribution in [0.4, 0.5) is 0 Å². The van der Waals surface area contributed by atoms with Crippen molar-refractivity contribution in [2.45, 2.75) is 26.6 Å². The number of aromatic nitrogens is 1. The number of nitrogens with two attached hydrogens (primary N) is 1. The molecule has 21 heavy (non-hydrogen) atoms. The van der Waals surface area contributed by atoms with Crippen LogP contribution < -0.4 is 11.1 Å². The van der Waals surface area contributed by atoms with E-state index < -0.39 is 0 Å². The van der Waals surface area contributed by atoms with Crippen LogP contribution in [0.5, 0.6) is 0 Å². The molecule has 1 amide bonds. The zero-order valence-corrected chi connectivity index (χ0v) is 12.8. The van der Waals surface area contributed by atoms with Crippen molar-refractivity contribution < 1.29 is 9.53 Å². The molecule has 0 spiro atoms. The number of hydrogen-bond acceptors (Lipinski definition) is 5. The van der Waals surface area contributed by atoms with Crippen molar-refractivity contribution in [1.82, 2.24) is 10.3 Å². The lowest BCUT2D eigenvalue weighted by Gasteiger charge is -2.05. The highest BCUT2D eigenvalue weighted by atomic mass is 32.1. The Kier molecular flexibility index (Phi) is 5.86. The van der Waals surface area contributed by atoms with Gasteiger partial charge in [0.1, 0.15) is 10.7 Å². The van der Waals surface area contributed by atoms with Crippen LogP contribution in [0.25, 0.3) is 0 Å². The van der Waals surface area contributed by atoms with E-state index in [0.717, 1.165) is 16.1 Å². The van der Waals surface area contributed by atoms with Gasteiger partial charge in [0.15, 0.2) is 0 Å². The molecule has 2 rings (SSSR count). The van der Waals surface area contributed by atoms with Gasteiger partial charge in [-0.15, -0.1) is 11.3 Å². The minimum atomic E-state index is -0.177. The molecule has 0 radical (unpaired) electrons. The van der Waals surface area contributed by atoms with E-state index in [1.807, 2.05) is 31.2 Å². The second kappa shape index (κ2) is 7.87. The van der Waals surface area contributed by atoms with Crippen molar-refractivity contribution in [3.8, 4) is 0 Å². The molecule has 2 aromatic rings. The first-order valence-corrected chi connectivity index (χ1v) is 7.69. The molecule has 1 heterocycles. The number of carbonyl (C=O) groups excluding carboxylic acids is 1. The number of rotatable bonds is 7. The summed E-state index contributed by atoms with van der Waals surface area (Å²) in [6.45, 7) is 4.13. The highest BCUT2D eigenvalue weighted by molar-refractivity contribution is 7.09. The minimum Gasteiger partial charge on any atom is -0.377 e. The van der Waals surface area contributed by atoms with Crippen LogP contribution in [0.2, 0.25) is 0 Å². The van der Waals surface area contributed by atoms with Crippen LogP contribution in [0.3, 0.4) is 0 Å². The molecule has 0 aliphatic rings. The molecular formula is C15H19N3O2S. The second-order valence-electron chi connectivity index (χ2n) is 4.47. The van der Waals surface area contributed by atoms with Gasteiger partial charge in [0.2, 0.25) is 0 Å². The fourth-order valence-corrected chi connectivity index (χ4v) is 2.41. The molecule has 6 heteroatoms. The summed E-state index contributed by atoms with van der Waals surface area (Å²) in [7, 11) is 0. The highest BCUT2D eigenvalue weighted by Gasteiger charge is 2.09. The third kappa shape index (κ3) is 4.63. The number of nitrogens with one attached hydrogen (secondary N) is 1. The second-order valence-corrected chi connectivity index (χ2v) is 5.41. The molecule has 0 aliphatic heterocycles. The van der Waals surface area contributed by atoms with Crippen molar-refractivity contribution in [2.24, 2.45) is 5.73 Å². The summed E-state index contributed by atoms with van der Waals surface area (Å²) >= 11 is 1.40. The summed E-state index contributed by atoms with van der Waals surface area (Å²) in [6, 6.07) is 7.99. The van der Waals surface area contributed by atoms with E-state index in [0.29, 0.717) is 32.0 Å². The Bertz CT molecular complexity index is 581. The topological polar surface area (TPSA) is 77.2 Å². The molecule has 1 aromatic carbocycles. The fraction of sp³-hybridized carbons (Fsp3) is 0.333. The maximum atomic E-state index is 11.9. The van der Waals surface area contributed by atoms with E-state index in [4.69, 9.17) is 10.5 Å². The number of ether oxygens (including phenoxy) is 1. The summed E-state index contributed by atoms with van der Waals surface area (Å²) < 4.78 is 5.34. The highest BCUT2D eigenvalue weighted by Crippen LogP contribution is 2.09. The predicted molar refractivity (Wildman–Crippen MR) is 82.9 cm³/mol. The molecule has 0 saturated heterocycles. The average molecular weight is 305 g/mol. The maximum absolute atomic E-state index is 11.9. The van der Waals surface area contributed by atoms with E-state index in [2.05, 4.69) is 10.3 Å². The van der Waals surface area contributed by atoms with Crippen molar-refractivity contribution >= 4 is 17.2 Å². The lowest BCUT2D eigenvalue weighted by Crippen LogP contribution is -2.23. The first-order chi connectivity index (χ1) is 10.2. The lowest BCUT2D eigenvalue weighted by atomic mass is 10.1. The first kappa shape index (κ1) is 15.6. The Morgan fingerprint density at radius 1 is 1.33 bits per heavy atom. The molecule has 1 aromatic heterocycles. The number of hydrogen-bond donors (Lipinski definition) is 2. The largest absolute Gasteiger partial charge is 0.377 e. The lowest BCUT2D eigenvalue weighted by molar-refractivity contribution is 0.0946. The van der Waals surface area contributed by atoms with Crippen LogP contribution in [-0.2, 0) is 24.4 Å². The number of benzene rings is 1. The van der Waals surface area contributed by atoms with Gasteiger partial charge in [0.05, 0.1) is 6.61 Å². The molecule has 0 unspecified atom stereocenters. The average Bonchev–Trinajstić information content (AvgIpc) is 3.00. The van der Waals surface area contributed by atoms with Gasteiger partial charge < -0.3 is 15.8 Å². The molecule has 3 N–H and O–H groups in total. The predicted octanol–water partition coefficient (Wildman–Crippen LogP) is 2.07. The first-order valence-electron chi connectivity index (χ1n) is 6.81. The van der Waals surface area contributed by atoms with E-state index in [1.165, 1.54) is 11.3 Å². The van der Waals surface area contributed by atoms with Crippen LogP contribution >= 0.6 is 11.3 Å². The molecule has 0 fully saturated rings. The van der Waals surface area contributed by atoms with E-state index in [1.54, 1.807) is 5.38 Å². The quantitative estimate of drug-likeness (QED) is 0.821. The number of nitrogens with zero attached hydrogens (tertiary/aromatic N) is 1. The third-order valence-electron chi connectivity index (χ3n) is 2.91. The summed E-state index contributed by atoms with van der Waals surface area (Å²) in [5.41, 5.74) is 8.07. The Labute approximate surface area is 128 Å². The SMILES string of the molecule is CCOCc1ccc(CNC(=O)c2csc(CN)n2)cc1. The van der Waals surface area contributed by atoms with E-state index in [9.17, 15) is 4.79 Å². The standard InChI is InChI=1S/C15H19N3O2S/c1-2-20-9-12-5-3-11(4-6-12)8-17-15(19)13-10-21-14(7-16)18-13/h3-6,10H,2,7-9,16H2,1H3,(H,17,19). The van der Waals surface area contributed by atoms with Crippen LogP contribution in [0.15, 0.2) is 29.6 Å². The van der Waals surface area contributed by atoms with Crippen molar-refractivity contribution in [1.29, 1.82) is 0 Å². The molecule has 0 bridgehead atoms. The Hall–Kier alpha value is -1.76. The summed E-state index contributed by atoms with van der Waals surface area (Å²) in [6.07, 6.45) is 0. The van der Waals surface area contributed by atoms with Crippen molar-refractivity contribution in [3.05, 3.63) is 51.5 Å². The van der Waals surface area contributed by atoms with Gasteiger partial charge in [-0.25, -0.2) is 4.98 Å². The molecule has 5 nitrogen and oxygen atoms in total. The van der Waals surface area contributed by atoms with Gasteiger partial charge in [-0.3, -0.25) is 4.79 Å². The van der Waals surface area contributed by atoms with Crippen molar-refractivity contribution in [3.63, 3.8) is 0 Å². The number of amides is 1. The maximum Gasteiger partial charge on any atom is 0.271 e. The summed E-state index contributed by atoms with van der Waals surface area (Å²) in [5, 5.41) is 5.34. The van der Waals surface area contributed by atoms with E-state index >= 15 is 0 Å². The van der Waals surface area contributed by atoms with Crippen LogP contribution in [0.1, 0.15) is 33.5 Å². The van der Waals surface area contributed by atoms with Crippen LogP contribution in [-0.4, -0.2) is 17.5 Å². The van der Waals surface area contributed by atoms with Crippen molar-refractivity contribution in [2.75, 3.05) is 6.61 Å². The zero-order valence-electron chi connectivity index (χ0n) is 12.0. The normalized spacial score (nSPS) is 10.6. The minimum absolute atomic E-state index is 0.177. The number of carbonyl (C=O) groups is 1. The molecular weight excluding hydrogens is 286 g/mol. The smallest absolute Gasteiger partial charge is 0.271 e. The van der Waals surface area contributed by atoms with Crippen LogP contribution in [0, 0.1) is 0 Å². The fourth-order valence-electron chi connectivity index (χ4n) is 1.76. The zero-order chi connectivity index (χ0) is 15.1. The van der Waals surface area contributed by atoms with Gasteiger partial charge >= 0.3 is 0 Å². The molecule has 112 valence electrons. The van der Waals surface area contributed by atoms with Gasteiger partial charge in [-0.05, 0) is 18.1 Å². The van der Waals surface area contributed by atoms with E-state index in [-0.39, 0.29) is 5.91 Å².